The van der Waals surface area contributed by atoms with Gasteiger partial charge in [0.1, 0.15) is 11.3 Å². The summed E-state index contributed by atoms with van der Waals surface area (Å²) in [5.74, 6) is 1.13. The molecule has 3 nitrogen and oxygen atoms in total. The van der Waals surface area contributed by atoms with Crippen LogP contribution in [0.3, 0.4) is 0 Å². The first-order valence-electron chi connectivity index (χ1n) is 6.21. The van der Waals surface area contributed by atoms with Gasteiger partial charge < -0.3 is 14.9 Å². The summed E-state index contributed by atoms with van der Waals surface area (Å²) in [4.78, 5) is 0. The van der Waals surface area contributed by atoms with Gasteiger partial charge in [0.05, 0.1) is 12.1 Å². The largest absolute Gasteiger partial charge is 0.459 e. The third-order valence-electron chi connectivity index (χ3n) is 3.72. The second-order valence-corrected chi connectivity index (χ2v) is 5.32. The minimum Gasteiger partial charge on any atom is -0.459 e. The number of benzene rings is 1. The van der Waals surface area contributed by atoms with E-state index >= 15 is 0 Å². The Morgan fingerprint density at radius 2 is 2.22 bits per heavy atom. The highest BCUT2D eigenvalue weighted by Gasteiger charge is 2.32. The third kappa shape index (κ3) is 2.03. The lowest BCUT2D eigenvalue weighted by Gasteiger charge is -2.19. The Hall–Kier alpha value is -1.03. The van der Waals surface area contributed by atoms with Crippen molar-refractivity contribution in [1.29, 1.82) is 0 Å². The molecule has 1 aliphatic heterocycles. The second-order valence-electron chi connectivity index (χ2n) is 4.89. The zero-order chi connectivity index (χ0) is 12.7. The first-order chi connectivity index (χ1) is 8.65. The fourth-order valence-corrected chi connectivity index (χ4v) is 2.81. The van der Waals surface area contributed by atoms with Gasteiger partial charge in [-0.25, -0.2) is 0 Å². The van der Waals surface area contributed by atoms with E-state index in [1.807, 2.05) is 24.3 Å². The molecule has 0 radical (unpaired) electrons. The van der Waals surface area contributed by atoms with Crippen LogP contribution in [0.15, 0.2) is 28.7 Å². The van der Waals surface area contributed by atoms with Gasteiger partial charge in [-0.3, -0.25) is 0 Å². The zero-order valence-electron chi connectivity index (χ0n) is 10.2. The van der Waals surface area contributed by atoms with Gasteiger partial charge in [0, 0.05) is 22.9 Å². The molecule has 4 heteroatoms. The summed E-state index contributed by atoms with van der Waals surface area (Å²) < 4.78 is 11.4. The smallest absolute Gasteiger partial charge is 0.134 e. The van der Waals surface area contributed by atoms with Crippen LogP contribution in [0.25, 0.3) is 11.0 Å². The molecule has 0 bridgehead atoms. The quantitative estimate of drug-likeness (QED) is 0.904. The molecule has 3 unspecified atom stereocenters. The van der Waals surface area contributed by atoms with Crippen molar-refractivity contribution in [2.75, 3.05) is 6.61 Å². The maximum atomic E-state index is 6.29. The van der Waals surface area contributed by atoms with E-state index in [0.29, 0.717) is 10.9 Å². The van der Waals surface area contributed by atoms with E-state index in [0.717, 1.165) is 29.8 Å². The van der Waals surface area contributed by atoms with E-state index < -0.39 is 0 Å². The number of fused-ring (bicyclic) bond motifs is 1. The highest BCUT2D eigenvalue weighted by atomic mass is 35.5. The number of hydrogen-bond donors (Lipinski definition) is 1. The summed E-state index contributed by atoms with van der Waals surface area (Å²) in [7, 11) is 0. The Balaban J connectivity index is 1.93. The number of furan rings is 1. The van der Waals surface area contributed by atoms with Gasteiger partial charge in [-0.2, -0.15) is 0 Å². The first kappa shape index (κ1) is 12.0. The highest BCUT2D eigenvalue weighted by molar-refractivity contribution is 6.31. The molecule has 2 aromatic rings. The fourth-order valence-electron chi connectivity index (χ4n) is 2.63. The van der Waals surface area contributed by atoms with Crippen LogP contribution in [0.4, 0.5) is 0 Å². The van der Waals surface area contributed by atoms with Gasteiger partial charge in [0.15, 0.2) is 0 Å². The molecule has 0 amide bonds. The van der Waals surface area contributed by atoms with Crippen LogP contribution >= 0.6 is 11.6 Å². The average molecular weight is 266 g/mol. The highest BCUT2D eigenvalue weighted by Crippen LogP contribution is 2.34. The van der Waals surface area contributed by atoms with Gasteiger partial charge in [0.25, 0.3) is 0 Å². The Kier molecular flexibility index (Phi) is 3.06. The third-order valence-corrected chi connectivity index (χ3v) is 3.96. The minimum atomic E-state index is -0.117. The lowest BCUT2D eigenvalue weighted by Crippen LogP contribution is -2.26. The molecule has 3 rings (SSSR count). The van der Waals surface area contributed by atoms with Crippen molar-refractivity contribution >= 4 is 22.6 Å². The van der Waals surface area contributed by atoms with E-state index in [2.05, 4.69) is 6.92 Å². The van der Waals surface area contributed by atoms with Crippen LogP contribution in [0.2, 0.25) is 5.02 Å². The Bertz CT molecular complexity index is 566. The van der Waals surface area contributed by atoms with E-state index in [1.54, 1.807) is 0 Å². The van der Waals surface area contributed by atoms with Crippen molar-refractivity contribution in [2.24, 2.45) is 11.7 Å². The van der Waals surface area contributed by atoms with Crippen molar-refractivity contribution in [2.45, 2.75) is 25.5 Å². The van der Waals surface area contributed by atoms with Gasteiger partial charge in [-0.05, 0) is 37.6 Å². The Morgan fingerprint density at radius 3 is 2.94 bits per heavy atom. The summed E-state index contributed by atoms with van der Waals surface area (Å²) in [6.07, 6.45) is 1.18. The van der Waals surface area contributed by atoms with Crippen molar-refractivity contribution in [3.8, 4) is 0 Å². The van der Waals surface area contributed by atoms with Gasteiger partial charge >= 0.3 is 0 Å². The number of halogens is 1. The topological polar surface area (TPSA) is 48.4 Å². The van der Waals surface area contributed by atoms with Crippen molar-refractivity contribution in [3.63, 3.8) is 0 Å². The summed E-state index contributed by atoms with van der Waals surface area (Å²) in [6, 6.07) is 7.46. The van der Waals surface area contributed by atoms with E-state index in [1.165, 1.54) is 0 Å². The molecule has 3 atom stereocenters. The van der Waals surface area contributed by atoms with E-state index in [4.69, 9.17) is 26.5 Å². The summed E-state index contributed by atoms with van der Waals surface area (Å²) >= 11 is 5.96. The molecule has 1 aromatic carbocycles. The van der Waals surface area contributed by atoms with Crippen molar-refractivity contribution in [3.05, 3.63) is 35.0 Å². The van der Waals surface area contributed by atoms with Crippen LogP contribution in [0.1, 0.15) is 25.1 Å². The standard InChI is InChI=1S/C14H16ClNO2/c1-8-11(4-5-17-8)14(16)13-7-9-6-10(15)2-3-12(9)18-13/h2-3,6-8,11,14H,4-5,16H2,1H3. The molecule has 1 aliphatic rings. The van der Waals surface area contributed by atoms with Crippen LogP contribution < -0.4 is 5.73 Å². The normalized spacial score (nSPS) is 25.7. The lowest BCUT2D eigenvalue weighted by atomic mass is 9.92. The predicted molar refractivity (Wildman–Crippen MR) is 71.7 cm³/mol. The van der Waals surface area contributed by atoms with E-state index in [-0.39, 0.29) is 12.1 Å². The summed E-state index contributed by atoms with van der Waals surface area (Å²) in [5.41, 5.74) is 7.12. The lowest BCUT2D eigenvalue weighted by molar-refractivity contribution is 0.0975. The molecule has 1 saturated heterocycles. The maximum absolute atomic E-state index is 6.29. The number of rotatable bonds is 2. The summed E-state index contributed by atoms with van der Waals surface area (Å²) in [5, 5.41) is 1.71. The molecule has 18 heavy (non-hydrogen) atoms. The molecule has 1 aromatic heterocycles. The monoisotopic (exact) mass is 265 g/mol. The number of ether oxygens (including phenoxy) is 1. The van der Waals surface area contributed by atoms with Gasteiger partial charge in [-0.1, -0.05) is 11.6 Å². The molecule has 0 spiro atoms. The second kappa shape index (κ2) is 4.57. The van der Waals surface area contributed by atoms with Crippen LogP contribution in [0.5, 0.6) is 0 Å². The first-order valence-corrected chi connectivity index (χ1v) is 6.59. The molecule has 2 heterocycles. The van der Waals surface area contributed by atoms with Crippen LogP contribution in [-0.2, 0) is 4.74 Å². The average Bonchev–Trinajstić information content (AvgIpc) is 2.93. The SMILES string of the molecule is CC1OCCC1C(N)c1cc2cc(Cl)ccc2o1. The number of hydrogen-bond acceptors (Lipinski definition) is 3. The summed E-state index contributed by atoms with van der Waals surface area (Å²) in [6.45, 7) is 2.85. The molecule has 0 saturated carbocycles. The molecule has 2 N–H and O–H groups in total. The minimum absolute atomic E-state index is 0.117. The fraction of sp³-hybridized carbons (Fsp3) is 0.429. The van der Waals surface area contributed by atoms with Gasteiger partial charge in [0.2, 0.25) is 0 Å². The zero-order valence-corrected chi connectivity index (χ0v) is 11.0. The molecule has 96 valence electrons. The van der Waals surface area contributed by atoms with Crippen molar-refractivity contribution < 1.29 is 9.15 Å². The molecular formula is C14H16ClNO2. The Morgan fingerprint density at radius 1 is 1.39 bits per heavy atom. The van der Waals surface area contributed by atoms with Gasteiger partial charge in [-0.15, -0.1) is 0 Å². The van der Waals surface area contributed by atoms with Crippen LogP contribution in [0, 0.1) is 5.92 Å². The Labute approximate surface area is 111 Å². The van der Waals surface area contributed by atoms with Crippen LogP contribution in [-0.4, -0.2) is 12.7 Å². The predicted octanol–water partition coefficient (Wildman–Crippen LogP) is 3.51. The van der Waals surface area contributed by atoms with Crippen molar-refractivity contribution in [1.82, 2.24) is 0 Å². The number of nitrogens with two attached hydrogens (primary N) is 1. The van der Waals surface area contributed by atoms with E-state index in [9.17, 15) is 0 Å². The molecule has 0 aliphatic carbocycles. The molecule has 1 fully saturated rings. The maximum Gasteiger partial charge on any atom is 0.134 e. The molecular weight excluding hydrogens is 250 g/mol.